The van der Waals surface area contributed by atoms with Crippen molar-refractivity contribution < 1.29 is 24.8 Å². The van der Waals surface area contributed by atoms with Gasteiger partial charge in [0.1, 0.15) is 0 Å². The van der Waals surface area contributed by atoms with Gasteiger partial charge < -0.3 is 24.8 Å². The first-order valence-electron chi connectivity index (χ1n) is 3.38. The Labute approximate surface area is 67.0 Å². The quantitative estimate of drug-likeness (QED) is 0.380. The molecule has 0 aliphatic carbocycles. The first-order valence-corrected chi connectivity index (χ1v) is 3.38. The average Bonchev–Trinajstić information content (AvgIpc) is 1.89. The molecule has 0 aromatic heterocycles. The lowest BCUT2D eigenvalue weighted by atomic mass is 9.88. The molecule has 0 saturated carbocycles. The van der Waals surface area contributed by atoms with E-state index < -0.39 is 14.4 Å². The second-order valence-electron chi connectivity index (χ2n) is 1.67. The highest BCUT2D eigenvalue weighted by Gasteiger charge is 2.03. The lowest BCUT2D eigenvalue weighted by Gasteiger charge is -1.91. The summed E-state index contributed by atoms with van der Waals surface area (Å²) >= 11 is 0. The summed E-state index contributed by atoms with van der Waals surface area (Å²) in [7, 11) is -2.72. The number of hydrogen-bond donors (Lipinski definition) is 4. The zero-order valence-electron chi connectivity index (χ0n) is 6.77. The van der Waals surface area contributed by atoms with Crippen molar-refractivity contribution in [2.75, 3.05) is 6.61 Å². The monoisotopic (exact) mass is 164 g/mol. The Morgan fingerprint density at radius 1 is 1.09 bits per heavy atom. The second-order valence-corrected chi connectivity index (χ2v) is 1.67. The van der Waals surface area contributed by atoms with Crippen molar-refractivity contribution in [1.82, 2.24) is 0 Å². The van der Waals surface area contributed by atoms with E-state index in [9.17, 15) is 0 Å². The Morgan fingerprint density at radius 3 is 1.45 bits per heavy atom. The zero-order chi connectivity index (χ0) is 9.28. The van der Waals surface area contributed by atoms with E-state index in [-0.39, 0.29) is 0 Å². The van der Waals surface area contributed by atoms with Gasteiger partial charge in [-0.25, -0.2) is 0 Å². The third kappa shape index (κ3) is 25.7. The van der Waals surface area contributed by atoms with Crippen LogP contribution in [0.4, 0.5) is 0 Å². The summed E-state index contributed by atoms with van der Waals surface area (Å²) in [5.74, 6) is 0. The molecule has 0 aromatic carbocycles. The van der Waals surface area contributed by atoms with Crippen molar-refractivity contribution >= 4 is 14.4 Å². The summed E-state index contributed by atoms with van der Waals surface area (Å²) in [6.07, 6.45) is 0.417. The fraction of sp³-hybridized carbons (Fsp3) is 1.00. The molecule has 0 fully saturated rings. The van der Waals surface area contributed by atoms with E-state index in [2.05, 4.69) is 4.65 Å². The van der Waals surface area contributed by atoms with Crippen LogP contribution in [-0.2, 0) is 4.65 Å². The highest BCUT2D eigenvalue weighted by Crippen LogP contribution is 1.74. The van der Waals surface area contributed by atoms with Crippen molar-refractivity contribution in [2.45, 2.75) is 20.2 Å². The first-order chi connectivity index (χ1) is 5.04. The van der Waals surface area contributed by atoms with E-state index in [4.69, 9.17) is 20.1 Å². The van der Waals surface area contributed by atoms with Crippen molar-refractivity contribution in [3.8, 4) is 0 Å². The van der Waals surface area contributed by atoms with Gasteiger partial charge >= 0.3 is 14.4 Å². The van der Waals surface area contributed by atoms with E-state index in [1.165, 1.54) is 0 Å². The minimum atomic E-state index is -1.60. The van der Waals surface area contributed by atoms with Gasteiger partial charge in [0, 0.05) is 6.61 Å². The summed E-state index contributed by atoms with van der Waals surface area (Å²) in [5, 5.41) is 31.6. The minimum Gasteiger partial charge on any atom is -0.427 e. The maximum Gasteiger partial charge on any atom is 0.633 e. The summed E-state index contributed by atoms with van der Waals surface area (Å²) in [4.78, 5) is 0. The highest BCUT2D eigenvalue weighted by atomic mass is 16.6. The van der Waals surface area contributed by atoms with E-state index in [1.54, 1.807) is 13.8 Å². The van der Waals surface area contributed by atoms with Crippen LogP contribution in [0.5, 0.6) is 0 Å². The third-order valence-electron chi connectivity index (χ3n) is 0.681. The molecule has 11 heavy (non-hydrogen) atoms. The van der Waals surface area contributed by atoms with Gasteiger partial charge in [0.2, 0.25) is 0 Å². The van der Waals surface area contributed by atoms with Gasteiger partial charge in [-0.05, 0) is 13.2 Å². The fourth-order valence-electron chi connectivity index (χ4n) is 0.149. The molecular formula is C4H14B2O5. The van der Waals surface area contributed by atoms with Crippen molar-refractivity contribution in [1.29, 1.82) is 0 Å². The third-order valence-corrected chi connectivity index (χ3v) is 0.681. The molecule has 4 N–H and O–H groups in total. The molecule has 66 valence electrons. The predicted octanol–water partition coefficient (Wildman–Crippen LogP) is -1.53. The van der Waals surface area contributed by atoms with Gasteiger partial charge in [0.15, 0.2) is 0 Å². The topological polar surface area (TPSA) is 90.2 Å². The van der Waals surface area contributed by atoms with Crippen molar-refractivity contribution in [3.63, 3.8) is 0 Å². The molecule has 0 aliphatic rings. The van der Waals surface area contributed by atoms with E-state index in [0.717, 1.165) is 0 Å². The molecule has 0 aliphatic heterocycles. The van der Waals surface area contributed by atoms with Crippen LogP contribution in [0.1, 0.15) is 13.8 Å². The number of hydrogen-bond acceptors (Lipinski definition) is 5. The van der Waals surface area contributed by atoms with Crippen LogP contribution < -0.4 is 0 Å². The predicted molar refractivity (Wildman–Crippen MR) is 42.5 cm³/mol. The van der Waals surface area contributed by atoms with Gasteiger partial charge in [-0.1, -0.05) is 6.92 Å². The van der Waals surface area contributed by atoms with Crippen LogP contribution in [-0.4, -0.2) is 41.1 Å². The Morgan fingerprint density at radius 2 is 1.45 bits per heavy atom. The van der Waals surface area contributed by atoms with Crippen molar-refractivity contribution in [2.24, 2.45) is 0 Å². The first kappa shape index (κ1) is 13.5. The molecule has 0 atom stereocenters. The molecule has 0 amide bonds. The summed E-state index contributed by atoms with van der Waals surface area (Å²) in [6.45, 7) is 3.71. The van der Waals surface area contributed by atoms with Crippen LogP contribution in [0.2, 0.25) is 6.32 Å². The maximum absolute atomic E-state index is 7.92. The molecule has 0 saturated heterocycles. The number of rotatable bonds is 3. The molecule has 0 heterocycles. The Kier molecular flexibility index (Phi) is 12.2. The molecule has 0 aromatic rings. The van der Waals surface area contributed by atoms with Crippen LogP contribution in [0, 0.1) is 0 Å². The van der Waals surface area contributed by atoms with Crippen LogP contribution in [0.25, 0.3) is 0 Å². The Balaban J connectivity index is 0. The van der Waals surface area contributed by atoms with E-state index in [0.29, 0.717) is 12.9 Å². The lowest BCUT2D eigenvalue weighted by molar-refractivity contribution is 0.196. The molecule has 0 rings (SSSR count). The molecule has 0 radical (unpaired) electrons. The maximum atomic E-state index is 7.92. The van der Waals surface area contributed by atoms with E-state index >= 15 is 0 Å². The summed E-state index contributed by atoms with van der Waals surface area (Å²) in [5.41, 5.74) is 0. The van der Waals surface area contributed by atoms with Gasteiger partial charge in [-0.3, -0.25) is 0 Å². The van der Waals surface area contributed by atoms with Crippen LogP contribution >= 0.6 is 0 Å². The fourth-order valence-corrected chi connectivity index (χ4v) is 0.149. The summed E-state index contributed by atoms with van der Waals surface area (Å²) < 4.78 is 4.15. The highest BCUT2D eigenvalue weighted by molar-refractivity contribution is 6.40. The molecule has 0 bridgehead atoms. The minimum absolute atomic E-state index is 0.331. The standard InChI is InChI=1S/C2H7BO3.C2H7BO2/c1-2-6-3(4)5;1-2-3(4)5/h4-5H,2H2,1H3;4-5H,2H2,1H3. The van der Waals surface area contributed by atoms with E-state index in [1.807, 2.05) is 0 Å². The van der Waals surface area contributed by atoms with Crippen LogP contribution in [0.3, 0.4) is 0 Å². The second kappa shape index (κ2) is 9.93. The zero-order valence-corrected chi connectivity index (χ0v) is 6.77. The van der Waals surface area contributed by atoms with Crippen molar-refractivity contribution in [3.05, 3.63) is 0 Å². The normalized spacial score (nSPS) is 8.18. The Hall–Kier alpha value is -0.0701. The van der Waals surface area contributed by atoms with Gasteiger partial charge in [0.25, 0.3) is 0 Å². The average molecular weight is 164 g/mol. The smallest absolute Gasteiger partial charge is 0.427 e. The molecule has 7 heteroatoms. The molecule has 0 spiro atoms. The largest absolute Gasteiger partial charge is 0.633 e. The van der Waals surface area contributed by atoms with Gasteiger partial charge in [0.05, 0.1) is 0 Å². The molecular weight excluding hydrogens is 150 g/mol. The molecule has 0 unspecified atom stereocenters. The SMILES string of the molecule is CCB(O)O.CCOB(O)O. The molecule has 5 nitrogen and oxygen atoms in total. The summed E-state index contributed by atoms with van der Waals surface area (Å²) in [6, 6.07) is 0. The van der Waals surface area contributed by atoms with Gasteiger partial charge in [-0.2, -0.15) is 0 Å². The lowest BCUT2D eigenvalue weighted by Crippen LogP contribution is -2.15. The van der Waals surface area contributed by atoms with Gasteiger partial charge in [-0.15, -0.1) is 0 Å². The Bertz CT molecular complexity index is 69.5. The van der Waals surface area contributed by atoms with Crippen LogP contribution in [0.15, 0.2) is 0 Å².